The van der Waals surface area contributed by atoms with Crippen molar-refractivity contribution in [2.75, 3.05) is 38.7 Å². The van der Waals surface area contributed by atoms with Gasteiger partial charge >= 0.3 is 0 Å². The van der Waals surface area contributed by atoms with E-state index in [9.17, 15) is 0 Å². The van der Waals surface area contributed by atoms with Crippen LogP contribution in [0.4, 0.5) is 5.69 Å². The number of benzene rings is 1. The number of aromatic nitrogens is 1. The lowest BCUT2D eigenvalue weighted by Crippen LogP contribution is -2.30. The van der Waals surface area contributed by atoms with E-state index >= 15 is 0 Å². The van der Waals surface area contributed by atoms with Crippen LogP contribution in [0.2, 0.25) is 0 Å². The number of hydrogen-bond donors (Lipinski definition) is 2. The summed E-state index contributed by atoms with van der Waals surface area (Å²) in [6.45, 7) is 8.82. The third-order valence-corrected chi connectivity index (χ3v) is 4.24. The molecule has 0 amide bonds. The fourth-order valence-corrected chi connectivity index (χ4v) is 2.81. The number of ether oxygens (including phenoxy) is 2. The topological polar surface area (TPSA) is 80.9 Å². The summed E-state index contributed by atoms with van der Waals surface area (Å²) in [6.07, 6.45) is 2.71. The smallest absolute Gasteiger partial charge is 0.195 e. The number of hydrogen-bond acceptors (Lipinski definition) is 5. The zero-order chi connectivity index (χ0) is 20.2. The van der Waals surface area contributed by atoms with Crippen LogP contribution in [0.25, 0.3) is 0 Å². The average molecular weight is 516 g/mol. The summed E-state index contributed by atoms with van der Waals surface area (Å²) in [6, 6.07) is 7.89. The van der Waals surface area contributed by atoms with Crippen LogP contribution in [-0.2, 0) is 11.2 Å². The molecule has 1 heterocycles. The van der Waals surface area contributed by atoms with Gasteiger partial charge in [-0.2, -0.15) is 0 Å². The third kappa shape index (κ3) is 9.03. The van der Waals surface area contributed by atoms with E-state index < -0.39 is 0 Å². The number of aliphatic imine (C=N–C) groups is 1. The molecular weight excluding hydrogens is 483 g/mol. The highest BCUT2D eigenvalue weighted by Gasteiger charge is 2.08. The first-order valence-electron chi connectivity index (χ1n) is 9.83. The molecule has 0 bridgehead atoms. The number of methoxy groups -OCH3 is 1. The summed E-state index contributed by atoms with van der Waals surface area (Å²) >= 11 is 0. The monoisotopic (exact) mass is 516 g/mol. The van der Waals surface area contributed by atoms with Gasteiger partial charge in [0.2, 0.25) is 0 Å². The molecule has 2 N–H and O–H groups in total. The minimum absolute atomic E-state index is 0. The summed E-state index contributed by atoms with van der Waals surface area (Å²) in [5.74, 6) is 2.49. The van der Waals surface area contributed by atoms with Crippen LogP contribution < -0.4 is 15.4 Å². The second kappa shape index (κ2) is 14.2. The molecule has 1 aromatic heterocycles. The predicted molar refractivity (Wildman–Crippen MR) is 128 cm³/mol. The minimum Gasteiger partial charge on any atom is -0.493 e. The maximum Gasteiger partial charge on any atom is 0.195 e. The first kappa shape index (κ1) is 25.2. The highest BCUT2D eigenvalue weighted by molar-refractivity contribution is 14.0. The number of anilines is 1. The molecule has 0 radical (unpaired) electrons. The van der Waals surface area contributed by atoms with E-state index in [1.54, 1.807) is 7.11 Å². The van der Waals surface area contributed by atoms with Gasteiger partial charge in [0.15, 0.2) is 5.96 Å². The van der Waals surface area contributed by atoms with E-state index in [1.807, 2.05) is 38.1 Å². The lowest BCUT2D eigenvalue weighted by Gasteiger charge is -2.13. The van der Waals surface area contributed by atoms with Crippen molar-refractivity contribution in [2.45, 2.75) is 40.0 Å². The molecule has 162 valence electrons. The van der Waals surface area contributed by atoms with Crippen molar-refractivity contribution in [2.24, 2.45) is 4.99 Å². The molecule has 2 rings (SSSR count). The summed E-state index contributed by atoms with van der Waals surface area (Å²) in [4.78, 5) is 4.67. The fraction of sp³-hybridized carbons (Fsp3) is 0.524. The Morgan fingerprint density at radius 3 is 2.72 bits per heavy atom. The SMILES string of the molecule is CCNC(=NCCCc1c(C)noc1C)Nc1cccc(OCCCOC)c1.I. The largest absolute Gasteiger partial charge is 0.493 e. The van der Waals surface area contributed by atoms with Crippen LogP contribution in [-0.4, -0.2) is 44.5 Å². The van der Waals surface area contributed by atoms with Crippen molar-refractivity contribution >= 4 is 35.6 Å². The maximum atomic E-state index is 5.76. The van der Waals surface area contributed by atoms with Gasteiger partial charge in [-0.15, -0.1) is 24.0 Å². The molecule has 29 heavy (non-hydrogen) atoms. The summed E-state index contributed by atoms with van der Waals surface area (Å²) in [7, 11) is 1.69. The number of nitrogens with zero attached hydrogens (tertiary/aromatic N) is 2. The van der Waals surface area contributed by atoms with Crippen molar-refractivity contribution in [3.05, 3.63) is 41.3 Å². The highest BCUT2D eigenvalue weighted by Crippen LogP contribution is 2.18. The van der Waals surface area contributed by atoms with Crippen molar-refractivity contribution in [1.29, 1.82) is 0 Å². The lowest BCUT2D eigenvalue weighted by atomic mass is 10.1. The molecule has 0 aliphatic rings. The Balaban J connectivity index is 0.00000420. The first-order chi connectivity index (χ1) is 13.6. The van der Waals surface area contributed by atoms with Crippen LogP contribution >= 0.6 is 24.0 Å². The third-order valence-electron chi connectivity index (χ3n) is 4.24. The van der Waals surface area contributed by atoms with Gasteiger partial charge in [-0.1, -0.05) is 11.2 Å². The Labute approximate surface area is 190 Å². The van der Waals surface area contributed by atoms with Gasteiger partial charge in [0.1, 0.15) is 11.5 Å². The van der Waals surface area contributed by atoms with Gasteiger partial charge in [-0.25, -0.2) is 0 Å². The quantitative estimate of drug-likeness (QED) is 0.200. The Kier molecular flexibility index (Phi) is 12.4. The number of guanidine groups is 1. The van der Waals surface area contributed by atoms with Crippen molar-refractivity contribution < 1.29 is 14.0 Å². The molecule has 0 saturated carbocycles. The van der Waals surface area contributed by atoms with Crippen molar-refractivity contribution in [3.8, 4) is 5.75 Å². The minimum atomic E-state index is 0. The summed E-state index contributed by atoms with van der Waals surface area (Å²) in [5.41, 5.74) is 3.09. The Morgan fingerprint density at radius 2 is 2.03 bits per heavy atom. The second-order valence-corrected chi connectivity index (χ2v) is 6.51. The van der Waals surface area contributed by atoms with Gasteiger partial charge in [-0.3, -0.25) is 4.99 Å². The molecule has 0 spiro atoms. The zero-order valence-corrected chi connectivity index (χ0v) is 20.1. The van der Waals surface area contributed by atoms with Gasteiger partial charge in [-0.05, 0) is 45.7 Å². The fourth-order valence-electron chi connectivity index (χ4n) is 2.81. The predicted octanol–water partition coefficient (Wildman–Crippen LogP) is 4.33. The Morgan fingerprint density at radius 1 is 1.21 bits per heavy atom. The van der Waals surface area contributed by atoms with Crippen LogP contribution in [0.3, 0.4) is 0 Å². The maximum absolute atomic E-state index is 5.76. The molecule has 2 aromatic rings. The Bertz CT molecular complexity index is 730. The highest BCUT2D eigenvalue weighted by atomic mass is 127. The van der Waals surface area contributed by atoms with Gasteiger partial charge in [0.25, 0.3) is 0 Å². The lowest BCUT2D eigenvalue weighted by molar-refractivity contribution is 0.172. The number of rotatable bonds is 11. The molecule has 1 aromatic carbocycles. The number of halogens is 1. The second-order valence-electron chi connectivity index (χ2n) is 6.51. The molecule has 0 atom stereocenters. The molecule has 0 aliphatic heterocycles. The number of aryl methyl sites for hydroxylation is 2. The van der Waals surface area contributed by atoms with Crippen molar-refractivity contribution in [1.82, 2.24) is 10.5 Å². The standard InChI is InChI=1S/C21H32N4O3.HI/c1-5-22-21(23-12-7-11-20-16(2)25-28-17(20)3)24-18-9-6-10-19(15-18)27-14-8-13-26-4;/h6,9-10,15H,5,7-8,11-14H2,1-4H3,(H2,22,23,24);1H. The normalized spacial score (nSPS) is 11.1. The molecule has 0 fully saturated rings. The number of nitrogens with one attached hydrogen (secondary N) is 2. The Hall–Kier alpha value is -1.81. The van der Waals surface area contributed by atoms with E-state index in [1.165, 1.54) is 5.56 Å². The first-order valence-corrected chi connectivity index (χ1v) is 9.83. The van der Waals surface area contributed by atoms with Crippen LogP contribution in [0.5, 0.6) is 5.75 Å². The van der Waals surface area contributed by atoms with E-state index in [2.05, 4.69) is 27.7 Å². The van der Waals surface area contributed by atoms with E-state index in [-0.39, 0.29) is 24.0 Å². The average Bonchev–Trinajstić information content (AvgIpc) is 3.01. The molecule has 0 aliphatic carbocycles. The van der Waals surface area contributed by atoms with Gasteiger partial charge in [0.05, 0.1) is 12.3 Å². The van der Waals surface area contributed by atoms with Crippen LogP contribution in [0, 0.1) is 13.8 Å². The van der Waals surface area contributed by atoms with E-state index in [4.69, 9.17) is 14.0 Å². The molecule has 8 heteroatoms. The molecule has 0 saturated heterocycles. The molecule has 0 unspecified atom stereocenters. The van der Waals surface area contributed by atoms with Crippen LogP contribution in [0.1, 0.15) is 36.8 Å². The molecular formula is C21H33IN4O3. The summed E-state index contributed by atoms with van der Waals surface area (Å²) < 4.78 is 16.0. The summed E-state index contributed by atoms with van der Waals surface area (Å²) in [5, 5.41) is 10.6. The van der Waals surface area contributed by atoms with E-state index in [0.29, 0.717) is 19.8 Å². The van der Waals surface area contributed by atoms with Crippen LogP contribution in [0.15, 0.2) is 33.8 Å². The van der Waals surface area contributed by atoms with Crippen molar-refractivity contribution in [3.63, 3.8) is 0 Å². The van der Waals surface area contributed by atoms with Gasteiger partial charge in [0, 0.05) is 50.5 Å². The van der Waals surface area contributed by atoms with Gasteiger partial charge < -0.3 is 24.6 Å². The van der Waals surface area contributed by atoms with E-state index in [0.717, 1.165) is 54.7 Å². The molecule has 7 nitrogen and oxygen atoms in total. The zero-order valence-electron chi connectivity index (χ0n) is 17.8.